The molecule has 0 bridgehead atoms. The zero-order valence-corrected chi connectivity index (χ0v) is 12.3. The Hall–Kier alpha value is -2.28. The highest BCUT2D eigenvalue weighted by Crippen LogP contribution is 2.21. The molecule has 5 nitrogen and oxygen atoms in total. The monoisotopic (exact) mass is 352 g/mol. The van der Waals surface area contributed by atoms with Crippen molar-refractivity contribution < 1.29 is 14.1 Å². The molecular weight excluding hydrogens is 343 g/mol. The Morgan fingerprint density at radius 3 is 2.67 bits per heavy atom. The zero-order chi connectivity index (χ0) is 15.4. The second-order valence-electron chi connectivity index (χ2n) is 4.24. The number of nitrogens with zero attached hydrogens (tertiary/aromatic N) is 1. The highest BCUT2D eigenvalue weighted by molar-refractivity contribution is 9.10. The van der Waals surface area contributed by atoms with E-state index in [0.717, 1.165) is 0 Å². The summed E-state index contributed by atoms with van der Waals surface area (Å²) in [5, 5.41) is 13.4. The number of hydrogen-bond donors (Lipinski definition) is 1. The number of para-hydroxylation sites is 1. The van der Waals surface area contributed by atoms with Gasteiger partial charge in [0, 0.05) is 17.3 Å². The summed E-state index contributed by atoms with van der Waals surface area (Å²) in [6.07, 6.45) is -0.133. The Labute approximate surface area is 128 Å². The molecule has 0 atom stereocenters. The van der Waals surface area contributed by atoms with Gasteiger partial charge in [-0.25, -0.2) is 4.39 Å². The molecule has 21 heavy (non-hydrogen) atoms. The van der Waals surface area contributed by atoms with Crippen LogP contribution in [0.15, 0.2) is 46.9 Å². The molecular formula is C14H10BrFN2O3. The van der Waals surface area contributed by atoms with Gasteiger partial charge in [-0.05, 0) is 34.1 Å². The molecule has 0 radical (unpaired) electrons. The summed E-state index contributed by atoms with van der Waals surface area (Å²) in [5.41, 5.74) is 0.626. The molecule has 0 fully saturated rings. The summed E-state index contributed by atoms with van der Waals surface area (Å²) in [6.45, 7) is 0. The van der Waals surface area contributed by atoms with Gasteiger partial charge in [0.05, 0.1) is 15.8 Å². The highest BCUT2D eigenvalue weighted by Gasteiger charge is 2.15. The number of halogens is 2. The van der Waals surface area contributed by atoms with E-state index in [4.69, 9.17) is 0 Å². The molecule has 0 heterocycles. The number of nitro groups is 1. The van der Waals surface area contributed by atoms with Crippen LogP contribution in [0, 0.1) is 15.9 Å². The number of nitro benzene ring substituents is 1. The maximum atomic E-state index is 13.1. The average Bonchev–Trinajstić information content (AvgIpc) is 2.43. The molecule has 0 aliphatic carbocycles. The first-order valence-corrected chi connectivity index (χ1v) is 6.74. The lowest BCUT2D eigenvalue weighted by Gasteiger charge is -2.06. The number of amides is 1. The lowest BCUT2D eigenvalue weighted by Crippen LogP contribution is -2.15. The molecule has 7 heteroatoms. The minimum absolute atomic E-state index is 0.104. The quantitative estimate of drug-likeness (QED) is 0.673. The molecule has 2 rings (SSSR count). The number of rotatable bonds is 4. The van der Waals surface area contributed by atoms with Crippen LogP contribution in [0.3, 0.4) is 0 Å². The van der Waals surface area contributed by atoms with Crippen molar-refractivity contribution in [2.24, 2.45) is 0 Å². The van der Waals surface area contributed by atoms with Gasteiger partial charge in [-0.2, -0.15) is 0 Å². The summed E-state index contributed by atoms with van der Waals surface area (Å²) in [6, 6.07) is 10.1. The Morgan fingerprint density at radius 1 is 1.29 bits per heavy atom. The molecule has 0 unspecified atom stereocenters. The molecule has 0 spiro atoms. The molecule has 0 saturated heterocycles. The van der Waals surface area contributed by atoms with Crippen LogP contribution in [0.25, 0.3) is 0 Å². The van der Waals surface area contributed by atoms with Crippen molar-refractivity contribution in [3.8, 4) is 0 Å². The summed E-state index contributed by atoms with van der Waals surface area (Å²) in [7, 11) is 0. The fourth-order valence-corrected chi connectivity index (χ4v) is 2.17. The summed E-state index contributed by atoms with van der Waals surface area (Å²) < 4.78 is 13.3. The third-order valence-electron chi connectivity index (χ3n) is 2.74. The maximum Gasteiger partial charge on any atom is 0.273 e. The second kappa shape index (κ2) is 6.45. The van der Waals surface area contributed by atoms with E-state index in [-0.39, 0.29) is 16.6 Å². The van der Waals surface area contributed by atoms with Crippen LogP contribution in [0.2, 0.25) is 0 Å². The SMILES string of the molecule is O=C(Cc1ccccc1[N+](=O)[O-])Nc1ccc(F)c(Br)c1. The van der Waals surface area contributed by atoms with E-state index in [0.29, 0.717) is 11.3 Å². The van der Waals surface area contributed by atoms with E-state index >= 15 is 0 Å². The molecule has 0 aromatic heterocycles. The Balaban J connectivity index is 2.12. The largest absolute Gasteiger partial charge is 0.326 e. The van der Waals surface area contributed by atoms with E-state index in [1.807, 2.05) is 0 Å². The van der Waals surface area contributed by atoms with Gasteiger partial charge in [0.25, 0.3) is 5.69 Å². The van der Waals surface area contributed by atoms with Crippen molar-refractivity contribution in [3.63, 3.8) is 0 Å². The maximum absolute atomic E-state index is 13.1. The third kappa shape index (κ3) is 3.85. The molecule has 0 aliphatic heterocycles. The number of carbonyl (C=O) groups is 1. The van der Waals surface area contributed by atoms with Crippen LogP contribution in [0.1, 0.15) is 5.56 Å². The van der Waals surface area contributed by atoms with Gasteiger partial charge in [-0.15, -0.1) is 0 Å². The molecule has 1 amide bonds. The second-order valence-corrected chi connectivity index (χ2v) is 5.09. The van der Waals surface area contributed by atoms with E-state index in [1.54, 1.807) is 6.07 Å². The Kier molecular flexibility index (Phi) is 4.64. The van der Waals surface area contributed by atoms with Gasteiger partial charge in [0.15, 0.2) is 0 Å². The van der Waals surface area contributed by atoms with Crippen LogP contribution in [-0.2, 0) is 11.2 Å². The first-order chi connectivity index (χ1) is 9.97. The summed E-state index contributed by atoms with van der Waals surface area (Å²) in [5.74, 6) is -0.852. The number of nitrogens with one attached hydrogen (secondary N) is 1. The van der Waals surface area contributed by atoms with Gasteiger partial charge >= 0.3 is 0 Å². The number of anilines is 1. The fraction of sp³-hybridized carbons (Fsp3) is 0.0714. The van der Waals surface area contributed by atoms with Crippen molar-refractivity contribution in [2.45, 2.75) is 6.42 Å². The minimum atomic E-state index is -0.531. The smallest absolute Gasteiger partial charge is 0.273 e. The number of hydrogen-bond acceptors (Lipinski definition) is 3. The van der Waals surface area contributed by atoms with E-state index in [9.17, 15) is 19.3 Å². The number of benzene rings is 2. The normalized spacial score (nSPS) is 10.2. The van der Waals surface area contributed by atoms with Gasteiger partial charge in [-0.1, -0.05) is 18.2 Å². The van der Waals surface area contributed by atoms with E-state index in [1.165, 1.54) is 36.4 Å². The van der Waals surface area contributed by atoms with E-state index in [2.05, 4.69) is 21.2 Å². The van der Waals surface area contributed by atoms with Gasteiger partial charge in [0.2, 0.25) is 5.91 Å². The van der Waals surface area contributed by atoms with Crippen LogP contribution >= 0.6 is 15.9 Å². The van der Waals surface area contributed by atoms with Crippen molar-refractivity contribution in [1.82, 2.24) is 0 Å². The molecule has 0 saturated carbocycles. The van der Waals surface area contributed by atoms with Crippen LogP contribution < -0.4 is 5.32 Å². The Bertz CT molecular complexity index is 706. The van der Waals surface area contributed by atoms with Crippen molar-refractivity contribution >= 4 is 33.2 Å². The molecule has 1 N–H and O–H groups in total. The molecule has 0 aliphatic rings. The lowest BCUT2D eigenvalue weighted by atomic mass is 10.1. The molecule has 2 aromatic rings. The van der Waals surface area contributed by atoms with Gasteiger partial charge < -0.3 is 5.32 Å². The summed E-state index contributed by atoms with van der Waals surface area (Å²) >= 11 is 3.02. The van der Waals surface area contributed by atoms with Crippen molar-refractivity contribution in [2.75, 3.05) is 5.32 Å². The highest BCUT2D eigenvalue weighted by atomic mass is 79.9. The van der Waals surface area contributed by atoms with Crippen molar-refractivity contribution in [1.29, 1.82) is 0 Å². The van der Waals surface area contributed by atoms with Crippen LogP contribution in [0.5, 0.6) is 0 Å². The average molecular weight is 353 g/mol. The zero-order valence-electron chi connectivity index (χ0n) is 10.7. The lowest BCUT2D eigenvalue weighted by molar-refractivity contribution is -0.385. The first-order valence-electron chi connectivity index (χ1n) is 5.94. The van der Waals surface area contributed by atoms with Crippen LogP contribution in [0.4, 0.5) is 15.8 Å². The summed E-state index contributed by atoms with van der Waals surface area (Å²) in [4.78, 5) is 22.2. The predicted molar refractivity (Wildman–Crippen MR) is 79.5 cm³/mol. The molecule has 2 aromatic carbocycles. The van der Waals surface area contributed by atoms with E-state index < -0.39 is 16.6 Å². The molecule has 108 valence electrons. The van der Waals surface area contributed by atoms with Gasteiger partial charge in [-0.3, -0.25) is 14.9 Å². The standard InChI is InChI=1S/C14H10BrFN2O3/c15-11-8-10(5-6-12(11)16)17-14(19)7-9-3-1-2-4-13(9)18(20)21/h1-6,8H,7H2,(H,17,19). The van der Waals surface area contributed by atoms with Crippen LogP contribution in [-0.4, -0.2) is 10.8 Å². The minimum Gasteiger partial charge on any atom is -0.326 e. The Morgan fingerprint density at radius 2 is 2.00 bits per heavy atom. The topological polar surface area (TPSA) is 72.2 Å². The van der Waals surface area contributed by atoms with Gasteiger partial charge in [0.1, 0.15) is 5.82 Å². The first kappa shape index (κ1) is 15.1. The third-order valence-corrected chi connectivity index (χ3v) is 3.35. The predicted octanol–water partition coefficient (Wildman–Crippen LogP) is 3.68. The fourth-order valence-electron chi connectivity index (χ4n) is 1.79. The number of carbonyl (C=O) groups excluding carboxylic acids is 1. The van der Waals surface area contributed by atoms with Crippen molar-refractivity contribution in [3.05, 3.63) is 68.4 Å².